The number of furan rings is 1. The van der Waals surface area contributed by atoms with E-state index < -0.39 is 0 Å². The maximum atomic E-state index is 13.6. The number of hydrogen-bond donors (Lipinski definition) is 0. The average molecular weight is 426 g/mol. The van der Waals surface area contributed by atoms with Gasteiger partial charge in [-0.3, -0.25) is 4.79 Å². The Morgan fingerprint density at radius 1 is 0.875 bits per heavy atom. The van der Waals surface area contributed by atoms with Crippen LogP contribution in [0.25, 0.3) is 23.2 Å². The van der Waals surface area contributed by atoms with Gasteiger partial charge in [-0.2, -0.15) is 4.68 Å². The third-order valence-corrected chi connectivity index (χ3v) is 5.46. The van der Waals surface area contributed by atoms with E-state index in [4.69, 9.17) is 4.42 Å². The molecule has 1 saturated heterocycles. The van der Waals surface area contributed by atoms with Crippen molar-refractivity contribution in [3.63, 3.8) is 0 Å². The number of benzene rings is 2. The first kappa shape index (κ1) is 19.7. The maximum absolute atomic E-state index is 13.6. The zero-order valence-corrected chi connectivity index (χ0v) is 17.4. The normalized spacial score (nSPS) is 14.6. The highest BCUT2D eigenvalue weighted by molar-refractivity contribution is 6.18. The molecule has 2 aromatic carbocycles. The van der Waals surface area contributed by atoms with Gasteiger partial charge in [-0.05, 0) is 34.7 Å². The molecule has 2 aromatic heterocycles. The second kappa shape index (κ2) is 8.89. The largest absolute Gasteiger partial charge is 0.465 e. The minimum atomic E-state index is -0.140. The molecule has 0 N–H and O–H groups in total. The first-order chi connectivity index (χ1) is 15.8. The molecular weight excluding hydrogens is 404 g/mol. The predicted molar refractivity (Wildman–Crippen MR) is 121 cm³/mol. The van der Waals surface area contributed by atoms with Crippen molar-refractivity contribution >= 4 is 23.4 Å². The van der Waals surface area contributed by atoms with Gasteiger partial charge in [0.15, 0.2) is 5.82 Å². The molecule has 0 unspecified atom stereocenters. The van der Waals surface area contributed by atoms with Crippen molar-refractivity contribution in [2.45, 2.75) is 0 Å². The molecule has 0 saturated carbocycles. The van der Waals surface area contributed by atoms with Crippen molar-refractivity contribution in [1.29, 1.82) is 0 Å². The van der Waals surface area contributed by atoms with Gasteiger partial charge >= 0.3 is 0 Å². The lowest BCUT2D eigenvalue weighted by atomic mass is 10.2. The second-order valence-electron chi connectivity index (χ2n) is 7.44. The number of rotatable bonds is 5. The summed E-state index contributed by atoms with van der Waals surface area (Å²) in [5.41, 5.74) is 2.33. The van der Waals surface area contributed by atoms with Crippen LogP contribution in [0.1, 0.15) is 5.76 Å². The lowest BCUT2D eigenvalue weighted by Crippen LogP contribution is -2.49. The fourth-order valence-corrected chi connectivity index (χ4v) is 3.81. The Morgan fingerprint density at radius 3 is 2.28 bits per heavy atom. The van der Waals surface area contributed by atoms with Crippen LogP contribution >= 0.6 is 0 Å². The molecule has 0 aliphatic carbocycles. The number of piperazine rings is 1. The van der Waals surface area contributed by atoms with Gasteiger partial charge in [0.1, 0.15) is 11.5 Å². The van der Waals surface area contributed by atoms with E-state index >= 15 is 0 Å². The van der Waals surface area contributed by atoms with Crippen LogP contribution in [0.2, 0.25) is 0 Å². The van der Waals surface area contributed by atoms with E-state index in [1.165, 1.54) is 4.68 Å². The molecular formula is C24H22N6O2. The zero-order valence-electron chi connectivity index (χ0n) is 17.4. The Labute approximate surface area is 185 Å². The van der Waals surface area contributed by atoms with Crippen molar-refractivity contribution < 1.29 is 9.21 Å². The molecule has 160 valence electrons. The fourth-order valence-electron chi connectivity index (χ4n) is 3.81. The number of carbonyl (C=O) groups is 1. The van der Waals surface area contributed by atoms with Crippen LogP contribution in [0, 0.1) is 0 Å². The van der Waals surface area contributed by atoms with E-state index in [1.807, 2.05) is 53.4 Å². The van der Waals surface area contributed by atoms with Gasteiger partial charge in [-0.1, -0.05) is 48.5 Å². The summed E-state index contributed by atoms with van der Waals surface area (Å²) in [4.78, 5) is 17.8. The molecule has 8 heteroatoms. The van der Waals surface area contributed by atoms with Crippen LogP contribution in [-0.2, 0) is 4.79 Å². The van der Waals surface area contributed by atoms with Crippen LogP contribution in [0.15, 0.2) is 83.5 Å². The van der Waals surface area contributed by atoms with Crippen molar-refractivity contribution in [3.8, 4) is 11.4 Å². The minimum Gasteiger partial charge on any atom is -0.465 e. The molecule has 0 radical (unpaired) electrons. The zero-order chi connectivity index (χ0) is 21.8. The summed E-state index contributed by atoms with van der Waals surface area (Å²) < 4.78 is 6.97. The minimum absolute atomic E-state index is 0.140. The van der Waals surface area contributed by atoms with Crippen LogP contribution in [0.5, 0.6) is 0 Å². The van der Waals surface area contributed by atoms with E-state index in [-0.39, 0.29) is 5.91 Å². The number of anilines is 1. The number of amides is 1. The van der Waals surface area contributed by atoms with Gasteiger partial charge in [0.25, 0.3) is 5.91 Å². The Balaban J connectivity index is 1.43. The van der Waals surface area contributed by atoms with Crippen LogP contribution < -0.4 is 4.90 Å². The van der Waals surface area contributed by atoms with Gasteiger partial charge in [0.05, 0.1) is 6.26 Å². The number of hydrogen-bond acceptors (Lipinski definition) is 6. The maximum Gasteiger partial charge on any atom is 0.272 e. The monoisotopic (exact) mass is 426 g/mol. The van der Waals surface area contributed by atoms with Crippen molar-refractivity contribution in [2.24, 2.45) is 0 Å². The predicted octanol–water partition coefficient (Wildman–Crippen LogP) is 3.28. The summed E-state index contributed by atoms with van der Waals surface area (Å²) in [6, 6.07) is 23.4. The Morgan fingerprint density at radius 2 is 1.59 bits per heavy atom. The number of carbonyl (C=O) groups excluding carboxylic acids is 1. The molecule has 4 aromatic rings. The van der Waals surface area contributed by atoms with Crippen LogP contribution in [0.3, 0.4) is 0 Å². The number of aromatic nitrogens is 4. The Bertz CT molecular complexity index is 1190. The van der Waals surface area contributed by atoms with Gasteiger partial charge in [-0.15, -0.1) is 5.10 Å². The quantitative estimate of drug-likeness (QED) is 0.456. The van der Waals surface area contributed by atoms with E-state index in [0.717, 1.165) is 24.3 Å². The highest BCUT2D eigenvalue weighted by Gasteiger charge is 2.27. The van der Waals surface area contributed by atoms with Gasteiger partial charge in [0.2, 0.25) is 0 Å². The molecule has 1 amide bonds. The van der Waals surface area contributed by atoms with Crippen LogP contribution in [-0.4, -0.2) is 57.2 Å². The van der Waals surface area contributed by atoms with E-state index in [1.54, 1.807) is 24.5 Å². The van der Waals surface area contributed by atoms with Gasteiger partial charge in [-0.25, -0.2) is 0 Å². The summed E-state index contributed by atoms with van der Waals surface area (Å²) in [5.74, 6) is 0.920. The van der Waals surface area contributed by atoms with E-state index in [0.29, 0.717) is 30.4 Å². The lowest BCUT2D eigenvalue weighted by molar-refractivity contribution is -0.125. The molecule has 1 fully saturated rings. The lowest BCUT2D eigenvalue weighted by Gasteiger charge is -2.36. The summed E-state index contributed by atoms with van der Waals surface area (Å²) in [5, 5.41) is 12.1. The van der Waals surface area contributed by atoms with Gasteiger partial charge < -0.3 is 14.2 Å². The number of nitrogens with zero attached hydrogens (tertiary/aromatic N) is 6. The molecule has 8 nitrogen and oxygen atoms in total. The topological polar surface area (TPSA) is 80.3 Å². The Kier molecular flexibility index (Phi) is 5.48. The third-order valence-electron chi connectivity index (χ3n) is 5.46. The van der Waals surface area contributed by atoms with E-state index in [9.17, 15) is 4.79 Å². The van der Waals surface area contributed by atoms with Gasteiger partial charge in [0, 0.05) is 43.5 Å². The molecule has 0 spiro atoms. The number of tetrazole rings is 1. The Hall–Kier alpha value is -4.20. The molecule has 1 aliphatic rings. The smallest absolute Gasteiger partial charge is 0.272 e. The van der Waals surface area contributed by atoms with Crippen molar-refractivity contribution in [3.05, 3.63) is 84.8 Å². The standard InChI is InChI=1S/C24H22N6O2/c31-24(29-15-13-28(14-16-29)20-10-5-2-6-11-20)22(18-21-12-7-17-32-21)30-23(25-26-27-30)19-8-3-1-4-9-19/h1-12,17-18H,13-16H2. The number of para-hydroxylation sites is 1. The van der Waals surface area contributed by atoms with Crippen LogP contribution in [0.4, 0.5) is 5.69 Å². The first-order valence-electron chi connectivity index (χ1n) is 10.5. The van der Waals surface area contributed by atoms with Crippen molar-refractivity contribution in [2.75, 3.05) is 31.1 Å². The average Bonchev–Trinajstić information content (AvgIpc) is 3.56. The second-order valence-corrected chi connectivity index (χ2v) is 7.44. The molecule has 0 bridgehead atoms. The highest BCUT2D eigenvalue weighted by Crippen LogP contribution is 2.23. The fraction of sp³-hybridized carbons (Fsp3) is 0.167. The molecule has 0 atom stereocenters. The molecule has 1 aliphatic heterocycles. The van der Waals surface area contributed by atoms with Crippen molar-refractivity contribution in [1.82, 2.24) is 25.1 Å². The molecule has 32 heavy (non-hydrogen) atoms. The third kappa shape index (κ3) is 4.02. The summed E-state index contributed by atoms with van der Waals surface area (Å²) >= 11 is 0. The SMILES string of the molecule is O=C(C(=Cc1ccco1)n1nnnc1-c1ccccc1)N1CCN(c2ccccc2)CC1. The summed E-state index contributed by atoms with van der Waals surface area (Å²) in [6.45, 7) is 2.72. The summed E-state index contributed by atoms with van der Waals surface area (Å²) in [6.07, 6.45) is 3.26. The first-order valence-corrected chi connectivity index (χ1v) is 10.5. The molecule has 3 heterocycles. The molecule has 5 rings (SSSR count). The highest BCUT2D eigenvalue weighted by atomic mass is 16.3. The summed E-state index contributed by atoms with van der Waals surface area (Å²) in [7, 11) is 0. The van der Waals surface area contributed by atoms with E-state index in [2.05, 4.69) is 32.6 Å².